The average molecular weight is 291 g/mol. The summed E-state index contributed by atoms with van der Waals surface area (Å²) in [5.41, 5.74) is 4.96. The fourth-order valence-electron chi connectivity index (χ4n) is 2.18. The lowest BCUT2D eigenvalue weighted by Crippen LogP contribution is -2.29. The number of thiazole rings is 1. The van der Waals surface area contributed by atoms with Crippen molar-refractivity contribution in [1.82, 2.24) is 10.4 Å². The number of hydrogen-bond acceptors (Lipinski definition) is 5. The Labute approximate surface area is 124 Å². The average Bonchev–Trinajstić information content (AvgIpc) is 2.77. The highest BCUT2D eigenvalue weighted by Gasteiger charge is 2.21. The number of aromatic nitrogens is 1. The van der Waals surface area contributed by atoms with Gasteiger partial charge < -0.3 is 4.74 Å². The zero-order valence-corrected chi connectivity index (χ0v) is 13.0. The predicted molar refractivity (Wildman–Crippen MR) is 83.0 cm³/mol. The van der Waals surface area contributed by atoms with Gasteiger partial charge in [0, 0.05) is 5.56 Å². The van der Waals surface area contributed by atoms with Crippen LogP contribution in [-0.2, 0) is 0 Å². The Balaban J connectivity index is 2.39. The highest BCUT2D eigenvalue weighted by atomic mass is 32.1. The predicted octanol–water partition coefficient (Wildman–Crippen LogP) is 3.10. The monoisotopic (exact) mass is 291 g/mol. The maximum Gasteiger partial charge on any atom is 0.124 e. The Kier molecular flexibility index (Phi) is 5.11. The second-order valence-electron chi connectivity index (χ2n) is 4.67. The number of rotatable bonds is 6. The summed E-state index contributed by atoms with van der Waals surface area (Å²) in [7, 11) is 0. The molecule has 0 bridgehead atoms. The first-order valence-corrected chi connectivity index (χ1v) is 7.60. The van der Waals surface area contributed by atoms with Gasteiger partial charge in [0.15, 0.2) is 0 Å². The molecule has 0 spiro atoms. The first-order valence-electron chi connectivity index (χ1n) is 6.79. The van der Waals surface area contributed by atoms with Crippen molar-refractivity contribution in [1.29, 1.82) is 0 Å². The summed E-state index contributed by atoms with van der Waals surface area (Å²) in [5, 5.41) is 1.05. The van der Waals surface area contributed by atoms with Crippen molar-refractivity contribution in [3.05, 3.63) is 45.4 Å². The molecular formula is C15H21N3OS. The van der Waals surface area contributed by atoms with Gasteiger partial charge in [-0.3, -0.25) is 5.84 Å². The van der Waals surface area contributed by atoms with Crippen molar-refractivity contribution in [3.63, 3.8) is 0 Å². The SMILES string of the molecule is CCCOc1ccccc1C(NN)c1sc(C)nc1C. The molecule has 1 unspecified atom stereocenters. The number of para-hydroxylation sites is 1. The third kappa shape index (κ3) is 3.17. The van der Waals surface area contributed by atoms with Crippen molar-refractivity contribution in [3.8, 4) is 5.75 Å². The number of ether oxygens (including phenoxy) is 1. The Morgan fingerprint density at radius 2 is 2.10 bits per heavy atom. The molecule has 1 atom stereocenters. The Bertz CT molecular complexity index is 568. The van der Waals surface area contributed by atoms with Crippen molar-refractivity contribution < 1.29 is 4.74 Å². The van der Waals surface area contributed by atoms with Crippen LogP contribution < -0.4 is 16.0 Å². The maximum atomic E-state index is 5.83. The zero-order chi connectivity index (χ0) is 14.5. The van der Waals surface area contributed by atoms with Gasteiger partial charge in [-0.05, 0) is 26.3 Å². The first-order chi connectivity index (χ1) is 9.67. The molecule has 0 radical (unpaired) electrons. The normalized spacial score (nSPS) is 12.4. The minimum absolute atomic E-state index is 0.0887. The molecule has 2 rings (SSSR count). The van der Waals surface area contributed by atoms with Crippen LogP contribution >= 0.6 is 11.3 Å². The molecule has 2 aromatic rings. The summed E-state index contributed by atoms with van der Waals surface area (Å²) < 4.78 is 5.83. The minimum Gasteiger partial charge on any atom is -0.493 e. The summed E-state index contributed by atoms with van der Waals surface area (Å²) >= 11 is 1.67. The fourth-order valence-corrected chi connectivity index (χ4v) is 3.19. The third-order valence-electron chi connectivity index (χ3n) is 3.06. The second kappa shape index (κ2) is 6.83. The number of nitrogens with two attached hydrogens (primary N) is 1. The van der Waals surface area contributed by atoms with E-state index in [-0.39, 0.29) is 6.04 Å². The van der Waals surface area contributed by atoms with E-state index in [4.69, 9.17) is 10.6 Å². The molecule has 0 aliphatic heterocycles. The van der Waals surface area contributed by atoms with Gasteiger partial charge in [0.2, 0.25) is 0 Å². The van der Waals surface area contributed by atoms with Gasteiger partial charge in [-0.25, -0.2) is 10.4 Å². The molecule has 5 heteroatoms. The number of hydrazine groups is 1. The van der Waals surface area contributed by atoms with Crippen LogP contribution in [0.1, 0.15) is 40.5 Å². The van der Waals surface area contributed by atoms with Crippen molar-refractivity contribution in [2.24, 2.45) is 5.84 Å². The van der Waals surface area contributed by atoms with E-state index in [1.54, 1.807) is 11.3 Å². The van der Waals surface area contributed by atoms with E-state index in [1.165, 1.54) is 0 Å². The summed E-state index contributed by atoms with van der Waals surface area (Å²) in [4.78, 5) is 5.62. The summed E-state index contributed by atoms with van der Waals surface area (Å²) in [6, 6.07) is 7.92. The van der Waals surface area contributed by atoms with Crippen LogP contribution in [0.2, 0.25) is 0 Å². The lowest BCUT2D eigenvalue weighted by molar-refractivity contribution is 0.312. The van der Waals surface area contributed by atoms with E-state index in [0.29, 0.717) is 6.61 Å². The van der Waals surface area contributed by atoms with E-state index >= 15 is 0 Å². The second-order valence-corrected chi connectivity index (χ2v) is 5.90. The summed E-state index contributed by atoms with van der Waals surface area (Å²) in [6.07, 6.45) is 0.980. The van der Waals surface area contributed by atoms with Gasteiger partial charge in [-0.2, -0.15) is 0 Å². The molecule has 3 N–H and O–H groups in total. The van der Waals surface area contributed by atoms with Crippen LogP contribution in [-0.4, -0.2) is 11.6 Å². The van der Waals surface area contributed by atoms with Gasteiger partial charge in [-0.1, -0.05) is 25.1 Å². The van der Waals surface area contributed by atoms with Crippen LogP contribution in [0.3, 0.4) is 0 Å². The molecule has 0 aliphatic carbocycles. The Morgan fingerprint density at radius 1 is 1.35 bits per heavy atom. The van der Waals surface area contributed by atoms with Gasteiger partial charge in [0.05, 0.1) is 28.2 Å². The van der Waals surface area contributed by atoms with Gasteiger partial charge in [0.1, 0.15) is 5.75 Å². The largest absolute Gasteiger partial charge is 0.493 e. The van der Waals surface area contributed by atoms with Gasteiger partial charge in [-0.15, -0.1) is 11.3 Å². The number of hydrogen-bond donors (Lipinski definition) is 2. The molecule has 0 saturated carbocycles. The molecular weight excluding hydrogens is 270 g/mol. The molecule has 20 heavy (non-hydrogen) atoms. The highest BCUT2D eigenvalue weighted by molar-refractivity contribution is 7.11. The number of nitrogens with one attached hydrogen (secondary N) is 1. The molecule has 0 saturated heterocycles. The van der Waals surface area contributed by atoms with Crippen LogP contribution in [0.4, 0.5) is 0 Å². The molecule has 4 nitrogen and oxygen atoms in total. The molecule has 0 aliphatic rings. The number of nitrogens with zero attached hydrogens (tertiary/aromatic N) is 1. The highest BCUT2D eigenvalue weighted by Crippen LogP contribution is 2.34. The molecule has 1 heterocycles. The van der Waals surface area contributed by atoms with E-state index in [0.717, 1.165) is 33.3 Å². The molecule has 1 aromatic heterocycles. The standard InChI is InChI=1S/C15H21N3OS/c1-4-9-19-13-8-6-5-7-12(13)14(18-16)15-10(2)17-11(3)20-15/h5-8,14,18H,4,9,16H2,1-3H3. The maximum absolute atomic E-state index is 5.83. The molecule has 108 valence electrons. The van der Waals surface area contributed by atoms with E-state index in [2.05, 4.69) is 17.3 Å². The lowest BCUT2D eigenvalue weighted by Gasteiger charge is -2.19. The minimum atomic E-state index is -0.0887. The quantitative estimate of drug-likeness (QED) is 0.634. The van der Waals surface area contributed by atoms with Crippen LogP contribution in [0, 0.1) is 13.8 Å². The molecule has 0 amide bonds. The number of benzene rings is 1. The fraction of sp³-hybridized carbons (Fsp3) is 0.400. The third-order valence-corrected chi connectivity index (χ3v) is 4.20. The van der Waals surface area contributed by atoms with Crippen molar-refractivity contribution >= 4 is 11.3 Å². The van der Waals surface area contributed by atoms with Crippen molar-refractivity contribution in [2.75, 3.05) is 6.61 Å². The zero-order valence-electron chi connectivity index (χ0n) is 12.1. The Hall–Kier alpha value is -1.43. The van der Waals surface area contributed by atoms with Gasteiger partial charge in [0.25, 0.3) is 0 Å². The van der Waals surface area contributed by atoms with Gasteiger partial charge >= 0.3 is 0 Å². The first kappa shape index (κ1) is 15.0. The van der Waals surface area contributed by atoms with Crippen LogP contribution in [0.15, 0.2) is 24.3 Å². The van der Waals surface area contributed by atoms with E-state index in [9.17, 15) is 0 Å². The number of aryl methyl sites for hydroxylation is 2. The molecule has 0 fully saturated rings. The van der Waals surface area contributed by atoms with E-state index in [1.807, 2.05) is 38.1 Å². The summed E-state index contributed by atoms with van der Waals surface area (Å²) in [6.45, 7) is 6.82. The topological polar surface area (TPSA) is 60.2 Å². The van der Waals surface area contributed by atoms with Crippen molar-refractivity contribution in [2.45, 2.75) is 33.2 Å². The summed E-state index contributed by atoms with van der Waals surface area (Å²) in [5.74, 6) is 6.66. The smallest absolute Gasteiger partial charge is 0.124 e. The van der Waals surface area contributed by atoms with Crippen LogP contribution in [0.25, 0.3) is 0 Å². The molecule has 1 aromatic carbocycles. The Morgan fingerprint density at radius 3 is 2.70 bits per heavy atom. The lowest BCUT2D eigenvalue weighted by atomic mass is 10.0. The van der Waals surface area contributed by atoms with E-state index < -0.39 is 0 Å². The van der Waals surface area contributed by atoms with Crippen LogP contribution in [0.5, 0.6) is 5.75 Å².